The number of amides is 1. The van der Waals surface area contributed by atoms with Crippen LogP contribution in [0.5, 0.6) is 0 Å². The molecule has 0 fully saturated rings. The van der Waals surface area contributed by atoms with Crippen LogP contribution >= 0.6 is 11.6 Å². The second-order valence-corrected chi connectivity index (χ2v) is 12.4. The zero-order valence-electron chi connectivity index (χ0n) is 19.9. The summed E-state index contributed by atoms with van der Waals surface area (Å²) in [5.74, 6) is -0.577. The third-order valence-electron chi connectivity index (χ3n) is 5.35. The monoisotopic (exact) mass is 549 g/mol. The summed E-state index contributed by atoms with van der Waals surface area (Å²) in [6, 6.07) is 19.5. The first-order valence-corrected chi connectivity index (χ1v) is 14.4. The van der Waals surface area contributed by atoms with Crippen LogP contribution < -0.4 is 10.0 Å². The van der Waals surface area contributed by atoms with Crippen molar-refractivity contribution in [1.29, 1.82) is 0 Å². The molecule has 3 aromatic rings. The molecule has 0 saturated heterocycles. The van der Waals surface area contributed by atoms with Gasteiger partial charge in [0.25, 0.3) is 0 Å². The Bertz CT molecular complexity index is 1410. The third kappa shape index (κ3) is 7.37. The minimum Gasteiger partial charge on any atom is -0.354 e. The first-order valence-electron chi connectivity index (χ1n) is 11.1. The number of nitrogens with one attached hydrogen (secondary N) is 2. The fraction of sp³-hybridized carbons (Fsp3) is 0.240. The van der Waals surface area contributed by atoms with Gasteiger partial charge in [0.15, 0.2) is 0 Å². The molecule has 0 atom stereocenters. The lowest BCUT2D eigenvalue weighted by Crippen LogP contribution is -2.42. The summed E-state index contributed by atoms with van der Waals surface area (Å²) in [6.07, 6.45) is 0. The van der Waals surface area contributed by atoms with Crippen molar-refractivity contribution in [2.75, 3.05) is 19.6 Å². The smallest absolute Gasteiger partial charge is 0.243 e. The average molecular weight is 550 g/mol. The van der Waals surface area contributed by atoms with Crippen molar-refractivity contribution < 1.29 is 21.6 Å². The van der Waals surface area contributed by atoms with E-state index in [1.54, 1.807) is 48.5 Å². The Balaban J connectivity index is 1.67. The molecule has 0 aromatic heterocycles. The molecule has 0 bridgehead atoms. The Hall–Kier alpha value is -2.76. The molecule has 3 aromatic carbocycles. The normalized spacial score (nSPS) is 12.0. The van der Waals surface area contributed by atoms with Crippen molar-refractivity contribution in [3.05, 3.63) is 94.5 Å². The van der Waals surface area contributed by atoms with E-state index in [4.69, 9.17) is 11.6 Å². The maximum absolute atomic E-state index is 13.3. The highest BCUT2D eigenvalue weighted by atomic mass is 35.5. The lowest BCUT2D eigenvalue weighted by molar-refractivity contribution is -0.121. The van der Waals surface area contributed by atoms with Gasteiger partial charge in [-0.1, -0.05) is 65.2 Å². The van der Waals surface area contributed by atoms with Crippen molar-refractivity contribution in [1.82, 2.24) is 14.3 Å². The van der Waals surface area contributed by atoms with Gasteiger partial charge < -0.3 is 5.32 Å². The van der Waals surface area contributed by atoms with Crippen molar-refractivity contribution in [2.24, 2.45) is 0 Å². The zero-order valence-corrected chi connectivity index (χ0v) is 22.3. The Morgan fingerprint density at radius 2 is 1.36 bits per heavy atom. The minimum absolute atomic E-state index is 0.0194. The van der Waals surface area contributed by atoms with E-state index < -0.39 is 32.5 Å². The van der Waals surface area contributed by atoms with Crippen LogP contribution in [-0.2, 0) is 31.4 Å². The fourth-order valence-electron chi connectivity index (χ4n) is 3.31. The number of hydrogen-bond donors (Lipinski definition) is 2. The fourth-order valence-corrected chi connectivity index (χ4v) is 5.91. The summed E-state index contributed by atoms with van der Waals surface area (Å²) in [4.78, 5) is 12.8. The van der Waals surface area contributed by atoms with Crippen LogP contribution in [0.4, 0.5) is 0 Å². The molecule has 1 amide bonds. The highest BCUT2D eigenvalue weighted by molar-refractivity contribution is 7.89. The molecule has 36 heavy (non-hydrogen) atoms. The molecule has 0 aliphatic rings. The van der Waals surface area contributed by atoms with Crippen LogP contribution in [0.2, 0.25) is 5.02 Å². The number of hydrogen-bond acceptors (Lipinski definition) is 5. The maximum Gasteiger partial charge on any atom is 0.243 e. The highest BCUT2D eigenvalue weighted by Crippen LogP contribution is 2.22. The summed E-state index contributed by atoms with van der Waals surface area (Å²) in [6.45, 7) is 3.05. The van der Waals surface area contributed by atoms with E-state index in [2.05, 4.69) is 10.0 Å². The molecular weight excluding hydrogens is 522 g/mol. The largest absolute Gasteiger partial charge is 0.354 e. The number of nitrogens with zero attached hydrogens (tertiary/aromatic N) is 1. The maximum atomic E-state index is 13.3. The number of halogens is 1. The number of carbonyl (C=O) groups excluding carboxylic acids is 1. The van der Waals surface area contributed by atoms with Gasteiger partial charge in [0.05, 0.1) is 16.3 Å². The van der Waals surface area contributed by atoms with Crippen LogP contribution in [-0.4, -0.2) is 46.7 Å². The molecule has 0 aliphatic heterocycles. The molecule has 0 radical (unpaired) electrons. The molecule has 0 spiro atoms. The Morgan fingerprint density at radius 3 is 1.94 bits per heavy atom. The van der Waals surface area contributed by atoms with Gasteiger partial charge in [-0.2, -0.15) is 4.31 Å². The van der Waals surface area contributed by atoms with Gasteiger partial charge in [0.2, 0.25) is 26.0 Å². The Labute approximate surface area is 217 Å². The van der Waals surface area contributed by atoms with Crippen LogP contribution in [0.25, 0.3) is 0 Å². The number of carbonyl (C=O) groups is 1. The molecule has 0 aliphatic carbocycles. The summed E-state index contributed by atoms with van der Waals surface area (Å²) in [7, 11) is -7.75. The van der Waals surface area contributed by atoms with Crippen LogP contribution in [0.1, 0.15) is 16.7 Å². The van der Waals surface area contributed by atoms with E-state index in [0.717, 1.165) is 15.4 Å². The SMILES string of the molecule is Cc1ccc(S(=O)(=O)NCCNC(=O)CN(Cc2ccccc2Cl)S(=O)(=O)c2ccc(C)cc2)cc1. The molecule has 8 nitrogen and oxygen atoms in total. The van der Waals surface area contributed by atoms with Gasteiger partial charge in [0.1, 0.15) is 0 Å². The van der Waals surface area contributed by atoms with E-state index in [1.165, 1.54) is 24.3 Å². The molecule has 2 N–H and O–H groups in total. The van der Waals surface area contributed by atoms with E-state index in [9.17, 15) is 21.6 Å². The number of aryl methyl sites for hydroxylation is 2. The second-order valence-electron chi connectivity index (χ2n) is 8.24. The van der Waals surface area contributed by atoms with E-state index in [1.807, 2.05) is 13.8 Å². The third-order valence-corrected chi connectivity index (χ3v) is 9.01. The topological polar surface area (TPSA) is 113 Å². The Morgan fingerprint density at radius 1 is 0.806 bits per heavy atom. The highest BCUT2D eigenvalue weighted by Gasteiger charge is 2.27. The first-order chi connectivity index (χ1) is 17.0. The zero-order chi connectivity index (χ0) is 26.3. The van der Waals surface area contributed by atoms with Gasteiger partial charge in [-0.25, -0.2) is 21.6 Å². The number of sulfonamides is 2. The molecule has 0 heterocycles. The summed E-state index contributed by atoms with van der Waals surface area (Å²) >= 11 is 6.24. The van der Waals surface area contributed by atoms with Gasteiger partial charge in [-0.05, 0) is 49.7 Å². The predicted octanol–water partition coefficient (Wildman–Crippen LogP) is 3.24. The van der Waals surface area contributed by atoms with Crippen molar-refractivity contribution >= 4 is 37.6 Å². The van der Waals surface area contributed by atoms with Crippen molar-refractivity contribution in [2.45, 2.75) is 30.2 Å². The first kappa shape index (κ1) is 27.8. The van der Waals surface area contributed by atoms with Gasteiger partial charge in [0, 0.05) is 24.7 Å². The van der Waals surface area contributed by atoms with Crippen molar-refractivity contribution in [3.63, 3.8) is 0 Å². The molecule has 11 heteroatoms. The second kappa shape index (κ2) is 12.0. The van der Waals surface area contributed by atoms with E-state index in [0.29, 0.717) is 10.6 Å². The Kier molecular flexibility index (Phi) is 9.26. The molecule has 0 unspecified atom stereocenters. The summed E-state index contributed by atoms with van der Waals surface area (Å²) in [5.41, 5.74) is 2.38. The quantitative estimate of drug-likeness (QED) is 0.357. The van der Waals surface area contributed by atoms with E-state index in [-0.39, 0.29) is 29.4 Å². The molecular formula is C25H28ClN3O5S2. The van der Waals surface area contributed by atoms with Gasteiger partial charge in [-0.15, -0.1) is 0 Å². The molecule has 0 saturated carbocycles. The molecule has 3 rings (SSSR count). The lowest BCUT2D eigenvalue weighted by atomic mass is 10.2. The number of rotatable bonds is 11. The van der Waals surface area contributed by atoms with E-state index >= 15 is 0 Å². The standard InChI is InChI=1S/C25H28ClN3O5S2/c1-19-7-11-22(12-8-19)35(31,32)28-16-15-27-25(30)18-29(17-21-5-3-4-6-24(21)26)36(33,34)23-13-9-20(2)10-14-23/h3-14,28H,15-18H2,1-2H3,(H,27,30). The van der Waals surface area contributed by atoms with Crippen LogP contribution in [0, 0.1) is 13.8 Å². The minimum atomic E-state index is -4.02. The molecule has 192 valence electrons. The predicted molar refractivity (Wildman–Crippen MR) is 140 cm³/mol. The lowest BCUT2D eigenvalue weighted by Gasteiger charge is -2.22. The summed E-state index contributed by atoms with van der Waals surface area (Å²) in [5, 5.41) is 2.96. The summed E-state index contributed by atoms with van der Waals surface area (Å²) < 4.78 is 54.9. The van der Waals surface area contributed by atoms with Crippen LogP contribution in [0.15, 0.2) is 82.6 Å². The van der Waals surface area contributed by atoms with Gasteiger partial charge >= 0.3 is 0 Å². The van der Waals surface area contributed by atoms with Gasteiger partial charge in [-0.3, -0.25) is 4.79 Å². The number of benzene rings is 3. The van der Waals surface area contributed by atoms with Crippen LogP contribution in [0.3, 0.4) is 0 Å². The van der Waals surface area contributed by atoms with Crippen molar-refractivity contribution in [3.8, 4) is 0 Å². The average Bonchev–Trinajstić information content (AvgIpc) is 2.83.